The standard InChI is InChI=1S/C23H23N3O4/c1-29-19-16-26(18-12-6-3-7-13-18)24-20(19)23(28)30-21(17-10-4-2-5-11-17)22(27)25-14-8-9-15-25/h2-7,10-13,16,21H,8-9,14-15H2,1H3. The quantitative estimate of drug-likeness (QED) is 0.588. The average Bonchev–Trinajstić information content (AvgIpc) is 3.48. The van der Waals surface area contributed by atoms with Gasteiger partial charge in [-0.3, -0.25) is 4.79 Å². The van der Waals surface area contributed by atoms with E-state index in [1.165, 1.54) is 7.11 Å². The van der Waals surface area contributed by atoms with Gasteiger partial charge in [-0.2, -0.15) is 5.10 Å². The molecule has 1 aliphatic heterocycles. The number of hydrogen-bond donors (Lipinski definition) is 0. The molecule has 1 saturated heterocycles. The molecule has 154 valence electrons. The second-order valence-corrected chi connectivity index (χ2v) is 7.05. The number of benzene rings is 2. The van der Waals surface area contributed by atoms with Crippen LogP contribution in [-0.2, 0) is 9.53 Å². The van der Waals surface area contributed by atoms with E-state index in [4.69, 9.17) is 9.47 Å². The van der Waals surface area contributed by atoms with Gasteiger partial charge in [0.05, 0.1) is 19.0 Å². The maximum atomic E-state index is 13.1. The molecule has 0 radical (unpaired) electrons. The van der Waals surface area contributed by atoms with Gasteiger partial charge in [0, 0.05) is 18.7 Å². The summed E-state index contributed by atoms with van der Waals surface area (Å²) < 4.78 is 12.6. The number of amides is 1. The molecule has 1 aliphatic rings. The molecule has 1 amide bonds. The van der Waals surface area contributed by atoms with Crippen LogP contribution in [0.5, 0.6) is 5.75 Å². The van der Waals surface area contributed by atoms with E-state index in [9.17, 15) is 9.59 Å². The van der Waals surface area contributed by atoms with Crippen molar-refractivity contribution in [3.05, 3.63) is 78.1 Å². The van der Waals surface area contributed by atoms with Crippen LogP contribution in [0.1, 0.15) is 35.0 Å². The highest BCUT2D eigenvalue weighted by molar-refractivity contribution is 5.93. The number of rotatable bonds is 6. The van der Waals surface area contributed by atoms with E-state index in [1.807, 2.05) is 48.5 Å². The molecule has 2 aromatic carbocycles. The van der Waals surface area contributed by atoms with Crippen molar-refractivity contribution in [3.63, 3.8) is 0 Å². The van der Waals surface area contributed by atoms with Crippen LogP contribution in [0.25, 0.3) is 5.69 Å². The largest absolute Gasteiger partial charge is 0.493 e. The molecule has 30 heavy (non-hydrogen) atoms. The Morgan fingerprint density at radius 2 is 1.60 bits per heavy atom. The van der Waals surface area contributed by atoms with Crippen molar-refractivity contribution < 1.29 is 19.1 Å². The number of carbonyl (C=O) groups is 2. The predicted molar refractivity (Wildman–Crippen MR) is 111 cm³/mol. The Hall–Kier alpha value is -3.61. The lowest BCUT2D eigenvalue weighted by Crippen LogP contribution is -2.35. The van der Waals surface area contributed by atoms with Gasteiger partial charge in [0.2, 0.25) is 11.8 Å². The fraction of sp³-hybridized carbons (Fsp3) is 0.261. The highest BCUT2D eigenvalue weighted by Gasteiger charge is 2.33. The Labute approximate surface area is 174 Å². The maximum Gasteiger partial charge on any atom is 0.363 e. The van der Waals surface area contributed by atoms with Crippen LogP contribution in [0.4, 0.5) is 0 Å². The Bertz CT molecular complexity index is 1010. The van der Waals surface area contributed by atoms with E-state index < -0.39 is 12.1 Å². The van der Waals surface area contributed by atoms with Crippen LogP contribution < -0.4 is 4.74 Å². The van der Waals surface area contributed by atoms with Crippen LogP contribution in [0.2, 0.25) is 0 Å². The predicted octanol–water partition coefficient (Wildman–Crippen LogP) is 3.40. The molecule has 0 spiro atoms. The molecule has 0 aliphatic carbocycles. The molecule has 7 nitrogen and oxygen atoms in total. The number of hydrogen-bond acceptors (Lipinski definition) is 5. The summed E-state index contributed by atoms with van der Waals surface area (Å²) in [6.07, 6.45) is 2.50. The molecule has 1 unspecified atom stereocenters. The molecule has 3 aromatic rings. The van der Waals surface area contributed by atoms with E-state index in [0.717, 1.165) is 18.5 Å². The van der Waals surface area contributed by atoms with E-state index in [1.54, 1.807) is 27.9 Å². The fourth-order valence-corrected chi connectivity index (χ4v) is 3.52. The minimum Gasteiger partial charge on any atom is -0.493 e. The topological polar surface area (TPSA) is 73.7 Å². The summed E-state index contributed by atoms with van der Waals surface area (Å²) in [4.78, 5) is 27.8. The number of nitrogens with zero attached hydrogens (tertiary/aromatic N) is 3. The van der Waals surface area contributed by atoms with Crippen molar-refractivity contribution in [1.29, 1.82) is 0 Å². The number of aromatic nitrogens is 2. The molecule has 2 heterocycles. The fourth-order valence-electron chi connectivity index (χ4n) is 3.52. The minimum atomic E-state index is -1.02. The first-order valence-corrected chi connectivity index (χ1v) is 9.91. The normalized spacial score (nSPS) is 14.4. The van der Waals surface area contributed by atoms with Crippen LogP contribution >= 0.6 is 0 Å². The molecule has 1 aromatic heterocycles. The lowest BCUT2D eigenvalue weighted by molar-refractivity contribution is -0.140. The molecule has 7 heteroatoms. The van der Waals surface area contributed by atoms with Crippen LogP contribution in [0.15, 0.2) is 66.9 Å². The van der Waals surface area contributed by atoms with Gasteiger partial charge in [-0.25, -0.2) is 9.48 Å². The Morgan fingerprint density at radius 1 is 0.967 bits per heavy atom. The van der Waals surface area contributed by atoms with Crippen molar-refractivity contribution in [3.8, 4) is 11.4 Å². The van der Waals surface area contributed by atoms with Gasteiger partial charge < -0.3 is 14.4 Å². The highest BCUT2D eigenvalue weighted by Crippen LogP contribution is 2.27. The third kappa shape index (κ3) is 4.05. The van der Waals surface area contributed by atoms with Gasteiger partial charge >= 0.3 is 5.97 Å². The van der Waals surface area contributed by atoms with E-state index in [0.29, 0.717) is 18.7 Å². The first-order chi connectivity index (χ1) is 14.7. The Kier molecular flexibility index (Phi) is 5.79. The van der Waals surface area contributed by atoms with Gasteiger partial charge in [-0.1, -0.05) is 48.5 Å². The molecule has 0 N–H and O–H groups in total. The third-order valence-electron chi connectivity index (χ3n) is 5.08. The minimum absolute atomic E-state index is 0.0245. The average molecular weight is 405 g/mol. The molecule has 0 saturated carbocycles. The van der Waals surface area contributed by atoms with Gasteiger partial charge in [0.25, 0.3) is 5.91 Å². The van der Waals surface area contributed by atoms with Gasteiger partial charge in [0.15, 0.2) is 5.75 Å². The number of para-hydroxylation sites is 1. The lowest BCUT2D eigenvalue weighted by atomic mass is 10.1. The van der Waals surface area contributed by atoms with Gasteiger partial charge in [0.1, 0.15) is 0 Å². The summed E-state index contributed by atoms with van der Waals surface area (Å²) in [7, 11) is 1.47. The SMILES string of the molecule is COc1cn(-c2ccccc2)nc1C(=O)OC(C(=O)N1CCCC1)c1ccccc1. The number of esters is 1. The van der Waals surface area contributed by atoms with Crippen LogP contribution in [0.3, 0.4) is 0 Å². The zero-order valence-electron chi connectivity index (χ0n) is 16.7. The first kappa shape index (κ1) is 19.7. The molecule has 4 rings (SSSR count). The van der Waals surface area contributed by atoms with Gasteiger partial charge in [-0.15, -0.1) is 0 Å². The number of likely N-dealkylation sites (tertiary alicyclic amines) is 1. The highest BCUT2D eigenvalue weighted by atomic mass is 16.6. The summed E-state index contributed by atoms with van der Waals surface area (Å²) in [5.41, 5.74) is 1.43. The summed E-state index contributed by atoms with van der Waals surface area (Å²) in [6.45, 7) is 1.34. The molecular weight excluding hydrogens is 382 g/mol. The summed E-state index contributed by atoms with van der Waals surface area (Å²) >= 11 is 0. The van der Waals surface area contributed by atoms with Crippen molar-refractivity contribution in [2.45, 2.75) is 18.9 Å². The number of ether oxygens (including phenoxy) is 2. The third-order valence-corrected chi connectivity index (χ3v) is 5.08. The van der Waals surface area contributed by atoms with Crippen molar-refractivity contribution in [2.75, 3.05) is 20.2 Å². The molecular formula is C23H23N3O4. The van der Waals surface area contributed by atoms with Crippen molar-refractivity contribution >= 4 is 11.9 Å². The maximum absolute atomic E-state index is 13.1. The second kappa shape index (κ2) is 8.82. The zero-order valence-corrected chi connectivity index (χ0v) is 16.7. The second-order valence-electron chi connectivity index (χ2n) is 7.05. The van der Waals surface area contributed by atoms with E-state index >= 15 is 0 Å². The smallest absolute Gasteiger partial charge is 0.363 e. The zero-order chi connectivity index (χ0) is 20.9. The first-order valence-electron chi connectivity index (χ1n) is 9.91. The summed E-state index contributed by atoms with van der Waals surface area (Å²) in [5, 5.41) is 4.35. The summed E-state index contributed by atoms with van der Waals surface area (Å²) in [6, 6.07) is 18.4. The van der Waals surface area contributed by atoms with E-state index in [-0.39, 0.29) is 17.4 Å². The lowest BCUT2D eigenvalue weighted by Gasteiger charge is -2.23. The van der Waals surface area contributed by atoms with Crippen LogP contribution in [-0.4, -0.2) is 46.8 Å². The van der Waals surface area contributed by atoms with E-state index in [2.05, 4.69) is 5.10 Å². The Morgan fingerprint density at radius 3 is 2.23 bits per heavy atom. The monoisotopic (exact) mass is 405 g/mol. The van der Waals surface area contributed by atoms with Crippen molar-refractivity contribution in [1.82, 2.24) is 14.7 Å². The van der Waals surface area contributed by atoms with Crippen molar-refractivity contribution in [2.24, 2.45) is 0 Å². The molecule has 1 fully saturated rings. The summed E-state index contributed by atoms with van der Waals surface area (Å²) in [5.74, 6) is -0.638. The Balaban J connectivity index is 1.62. The van der Waals surface area contributed by atoms with Gasteiger partial charge in [-0.05, 0) is 25.0 Å². The van der Waals surface area contributed by atoms with Crippen LogP contribution in [0, 0.1) is 0 Å². The molecule has 0 bridgehead atoms. The molecule has 1 atom stereocenters. The number of carbonyl (C=O) groups excluding carboxylic acids is 2. The number of methoxy groups -OCH3 is 1.